The molecule has 0 amide bonds. The molecule has 1 fully saturated rings. The Morgan fingerprint density at radius 2 is 2.03 bits per heavy atom. The summed E-state index contributed by atoms with van der Waals surface area (Å²) in [7, 11) is 1.56. The van der Waals surface area contributed by atoms with Gasteiger partial charge in [-0.1, -0.05) is 0 Å². The fourth-order valence-electron chi connectivity index (χ4n) is 4.39. The maximum absolute atomic E-state index is 14.6. The zero-order chi connectivity index (χ0) is 22.6. The van der Waals surface area contributed by atoms with Gasteiger partial charge in [0.15, 0.2) is 5.75 Å². The second kappa shape index (κ2) is 12.9. The molecule has 0 aliphatic carbocycles. The molecule has 0 bridgehead atoms. The van der Waals surface area contributed by atoms with Crippen molar-refractivity contribution in [2.24, 2.45) is 0 Å². The molecule has 3 aromatic heterocycles. The van der Waals surface area contributed by atoms with Crippen molar-refractivity contribution in [2.75, 3.05) is 39.1 Å². The van der Waals surface area contributed by atoms with E-state index in [-0.39, 0.29) is 30.6 Å². The number of halogens is 3. The van der Waals surface area contributed by atoms with E-state index < -0.39 is 0 Å². The molecule has 5 rings (SSSR count). The highest BCUT2D eigenvalue weighted by atomic mass is 35.5. The predicted octanol–water partition coefficient (Wildman–Crippen LogP) is 4.30. The molecular formula is C24H30Cl2FN5O2S. The molecule has 190 valence electrons. The summed E-state index contributed by atoms with van der Waals surface area (Å²) in [5, 5.41) is 3.65. The lowest BCUT2D eigenvalue weighted by Gasteiger charge is -2.32. The van der Waals surface area contributed by atoms with Gasteiger partial charge < -0.3 is 19.7 Å². The topological polar surface area (TPSA) is 72.4 Å². The van der Waals surface area contributed by atoms with Gasteiger partial charge >= 0.3 is 0 Å². The molecule has 2 aliphatic heterocycles. The van der Waals surface area contributed by atoms with Gasteiger partial charge in [0, 0.05) is 36.5 Å². The Hall–Kier alpha value is -1.91. The monoisotopic (exact) mass is 541 g/mol. The molecule has 0 radical (unpaired) electrons. The van der Waals surface area contributed by atoms with Gasteiger partial charge in [-0.05, 0) is 44.5 Å². The molecule has 0 aromatic carbocycles. The first-order valence-corrected chi connectivity index (χ1v) is 12.4. The third kappa shape index (κ3) is 6.65. The Morgan fingerprint density at radius 1 is 1.20 bits per heavy atom. The highest BCUT2D eigenvalue weighted by molar-refractivity contribution is 7.99. The van der Waals surface area contributed by atoms with E-state index in [1.54, 1.807) is 13.2 Å². The van der Waals surface area contributed by atoms with Crippen LogP contribution < -0.4 is 14.8 Å². The largest absolute Gasteiger partial charge is 0.490 e. The molecule has 3 aromatic rings. The minimum absolute atomic E-state index is 0. The van der Waals surface area contributed by atoms with E-state index in [1.807, 2.05) is 24.0 Å². The van der Waals surface area contributed by atoms with E-state index in [9.17, 15) is 4.39 Å². The minimum Gasteiger partial charge on any atom is -0.490 e. The first kappa shape index (κ1) is 27.7. The van der Waals surface area contributed by atoms with Crippen LogP contribution in [0.2, 0.25) is 0 Å². The molecule has 1 N–H and O–H groups in total. The van der Waals surface area contributed by atoms with Crippen molar-refractivity contribution in [3.05, 3.63) is 47.7 Å². The van der Waals surface area contributed by atoms with Gasteiger partial charge in [-0.25, -0.2) is 9.37 Å². The molecule has 0 atom stereocenters. The van der Waals surface area contributed by atoms with Gasteiger partial charge in [0.25, 0.3) is 0 Å². The Bertz CT molecular complexity index is 1130. The normalized spacial score (nSPS) is 16.1. The number of rotatable bonds is 7. The number of piperidine rings is 1. The van der Waals surface area contributed by atoms with Gasteiger partial charge in [-0.3, -0.25) is 9.97 Å². The van der Waals surface area contributed by atoms with E-state index in [2.05, 4.69) is 31.2 Å². The number of nitrogens with zero attached hydrogens (tertiary/aromatic N) is 4. The number of nitrogens with one attached hydrogen (secondary N) is 1. The average molecular weight is 543 g/mol. The Labute approximate surface area is 221 Å². The summed E-state index contributed by atoms with van der Waals surface area (Å²) in [4.78, 5) is 16.7. The van der Waals surface area contributed by atoms with Crippen molar-refractivity contribution in [3.8, 4) is 11.6 Å². The van der Waals surface area contributed by atoms with Crippen LogP contribution in [0.5, 0.6) is 11.6 Å². The summed E-state index contributed by atoms with van der Waals surface area (Å²) in [5.74, 6) is 2.06. The van der Waals surface area contributed by atoms with Crippen LogP contribution >= 0.6 is 36.6 Å². The van der Waals surface area contributed by atoms with E-state index >= 15 is 0 Å². The number of methoxy groups -OCH3 is 1. The number of thioether (sulfide) groups is 1. The van der Waals surface area contributed by atoms with E-state index in [0.717, 1.165) is 62.8 Å². The standard InChI is InChI=1S/C24H28FN5O2S.2ClH/c1-31-23-3-2-20-24(29-23)18(19(25)14-28-20)6-9-30-7-4-16(5-8-30)26-13-17-12-22-21(15-27-17)32-10-11-33-22;;/h2-3,12,14-16,26H,4-11,13H2,1H3;2*1H. The number of hydrogen-bond donors (Lipinski definition) is 1. The molecule has 35 heavy (non-hydrogen) atoms. The number of aromatic nitrogens is 3. The van der Waals surface area contributed by atoms with Gasteiger partial charge in [0.1, 0.15) is 5.82 Å². The number of fused-ring (bicyclic) bond motifs is 2. The van der Waals surface area contributed by atoms with E-state index in [1.165, 1.54) is 11.1 Å². The molecule has 0 unspecified atom stereocenters. The molecule has 7 nitrogen and oxygen atoms in total. The van der Waals surface area contributed by atoms with Crippen LogP contribution in [0.15, 0.2) is 35.5 Å². The van der Waals surface area contributed by atoms with Crippen molar-refractivity contribution in [3.63, 3.8) is 0 Å². The van der Waals surface area contributed by atoms with Gasteiger partial charge in [0.2, 0.25) is 5.88 Å². The van der Waals surface area contributed by atoms with Crippen molar-refractivity contribution < 1.29 is 13.9 Å². The molecule has 2 aliphatic rings. The third-order valence-corrected chi connectivity index (χ3v) is 7.27. The smallest absolute Gasteiger partial charge is 0.213 e. The van der Waals surface area contributed by atoms with Crippen molar-refractivity contribution in [2.45, 2.75) is 36.7 Å². The SMILES string of the molecule is COc1ccc2ncc(F)c(CCN3CCC(NCc4cc5c(cn4)OCCS5)CC3)c2n1.Cl.Cl. The van der Waals surface area contributed by atoms with Crippen LogP contribution in [-0.2, 0) is 13.0 Å². The Balaban J connectivity index is 0.00000171. The van der Waals surface area contributed by atoms with Crippen LogP contribution in [-0.4, -0.2) is 65.0 Å². The van der Waals surface area contributed by atoms with Crippen LogP contribution in [0.1, 0.15) is 24.1 Å². The summed E-state index contributed by atoms with van der Waals surface area (Å²) >= 11 is 1.83. The van der Waals surface area contributed by atoms with Crippen molar-refractivity contribution >= 4 is 47.6 Å². The lowest BCUT2D eigenvalue weighted by atomic mass is 10.0. The lowest BCUT2D eigenvalue weighted by molar-refractivity contribution is 0.198. The predicted molar refractivity (Wildman–Crippen MR) is 141 cm³/mol. The molecule has 1 saturated heterocycles. The van der Waals surface area contributed by atoms with Gasteiger partial charge in [-0.2, -0.15) is 0 Å². The molecule has 11 heteroatoms. The summed E-state index contributed by atoms with van der Waals surface area (Å²) < 4.78 is 25.4. The summed E-state index contributed by atoms with van der Waals surface area (Å²) in [6, 6.07) is 6.18. The van der Waals surface area contributed by atoms with Gasteiger partial charge in [-0.15, -0.1) is 36.6 Å². The highest BCUT2D eigenvalue weighted by Gasteiger charge is 2.20. The maximum Gasteiger partial charge on any atom is 0.213 e. The van der Waals surface area contributed by atoms with Crippen LogP contribution in [0, 0.1) is 5.82 Å². The summed E-state index contributed by atoms with van der Waals surface area (Å²) in [6.07, 6.45) is 5.86. The molecular weight excluding hydrogens is 512 g/mol. The minimum atomic E-state index is -0.305. The summed E-state index contributed by atoms with van der Waals surface area (Å²) in [5.41, 5.74) is 2.94. The quantitative estimate of drug-likeness (QED) is 0.474. The Morgan fingerprint density at radius 3 is 2.83 bits per heavy atom. The summed E-state index contributed by atoms with van der Waals surface area (Å²) in [6.45, 7) is 4.29. The maximum atomic E-state index is 14.6. The zero-order valence-corrected chi connectivity index (χ0v) is 22.0. The van der Waals surface area contributed by atoms with Crippen LogP contribution in [0.4, 0.5) is 4.39 Å². The Kier molecular flexibility index (Phi) is 10.2. The fraction of sp³-hybridized carbons (Fsp3) is 0.458. The number of ether oxygens (including phenoxy) is 2. The van der Waals surface area contributed by atoms with Crippen molar-refractivity contribution in [1.29, 1.82) is 0 Å². The second-order valence-corrected chi connectivity index (χ2v) is 9.51. The van der Waals surface area contributed by atoms with Gasteiger partial charge in [0.05, 0.1) is 47.7 Å². The lowest BCUT2D eigenvalue weighted by Crippen LogP contribution is -2.43. The van der Waals surface area contributed by atoms with Crippen LogP contribution in [0.25, 0.3) is 11.0 Å². The molecule has 0 saturated carbocycles. The number of likely N-dealkylation sites (tertiary alicyclic amines) is 1. The highest BCUT2D eigenvalue weighted by Crippen LogP contribution is 2.32. The average Bonchev–Trinajstić information content (AvgIpc) is 2.87. The fourth-order valence-corrected chi connectivity index (χ4v) is 5.25. The zero-order valence-electron chi connectivity index (χ0n) is 19.5. The first-order valence-electron chi connectivity index (χ1n) is 11.4. The number of hydrogen-bond acceptors (Lipinski definition) is 8. The van der Waals surface area contributed by atoms with Crippen molar-refractivity contribution in [1.82, 2.24) is 25.2 Å². The molecule has 0 spiro atoms. The van der Waals surface area contributed by atoms with E-state index in [0.29, 0.717) is 34.9 Å². The first-order chi connectivity index (χ1) is 16.2. The third-order valence-electron chi connectivity index (χ3n) is 6.27. The second-order valence-electron chi connectivity index (χ2n) is 8.37. The molecule has 5 heterocycles. The van der Waals surface area contributed by atoms with Crippen LogP contribution in [0.3, 0.4) is 0 Å². The number of pyridine rings is 3. The van der Waals surface area contributed by atoms with E-state index in [4.69, 9.17) is 9.47 Å².